The number of benzene rings is 2. The number of halogens is 1. The third kappa shape index (κ3) is 3.24. The van der Waals surface area contributed by atoms with Gasteiger partial charge in [-0.2, -0.15) is 4.98 Å². The highest BCUT2D eigenvalue weighted by Crippen LogP contribution is 2.33. The maximum atomic E-state index is 5.98. The predicted molar refractivity (Wildman–Crippen MR) is 94.4 cm³/mol. The van der Waals surface area contributed by atoms with Gasteiger partial charge in [-0.25, -0.2) is 5.43 Å². The zero-order chi connectivity index (χ0) is 17.2. The fourth-order valence-corrected chi connectivity index (χ4v) is 3.08. The molecule has 2 unspecified atom stereocenters. The van der Waals surface area contributed by atoms with Crippen LogP contribution in [0, 0.1) is 0 Å². The second kappa shape index (κ2) is 6.84. The van der Waals surface area contributed by atoms with Gasteiger partial charge < -0.3 is 9.26 Å². The van der Waals surface area contributed by atoms with Crippen molar-refractivity contribution >= 4 is 11.6 Å². The van der Waals surface area contributed by atoms with Gasteiger partial charge in [0, 0.05) is 17.1 Å². The first kappa shape index (κ1) is 16.1. The molecule has 1 aromatic heterocycles. The van der Waals surface area contributed by atoms with Crippen molar-refractivity contribution in [3.8, 4) is 17.1 Å². The summed E-state index contributed by atoms with van der Waals surface area (Å²) in [7, 11) is 1.64. The van der Waals surface area contributed by atoms with Crippen molar-refractivity contribution in [3.63, 3.8) is 0 Å². The molecule has 128 valence electrons. The Hall–Kier alpha value is -2.41. The minimum absolute atomic E-state index is 0.0423. The first-order valence-electron chi connectivity index (χ1n) is 7.96. The molecule has 2 atom stereocenters. The van der Waals surface area contributed by atoms with Crippen LogP contribution in [0.3, 0.4) is 0 Å². The Morgan fingerprint density at radius 1 is 1.12 bits per heavy atom. The lowest BCUT2D eigenvalue weighted by molar-refractivity contribution is 0.347. The van der Waals surface area contributed by atoms with Crippen molar-refractivity contribution in [1.29, 1.82) is 0 Å². The molecule has 0 amide bonds. The largest absolute Gasteiger partial charge is 0.497 e. The molecule has 0 bridgehead atoms. The molecule has 7 heteroatoms. The Labute approximate surface area is 150 Å². The third-order valence-corrected chi connectivity index (χ3v) is 4.57. The van der Waals surface area contributed by atoms with Crippen LogP contribution in [-0.2, 0) is 0 Å². The van der Waals surface area contributed by atoms with E-state index in [0.29, 0.717) is 23.3 Å². The van der Waals surface area contributed by atoms with Crippen molar-refractivity contribution in [3.05, 3.63) is 65.0 Å². The summed E-state index contributed by atoms with van der Waals surface area (Å²) >= 11 is 5.98. The van der Waals surface area contributed by atoms with E-state index in [1.807, 2.05) is 48.5 Å². The zero-order valence-corrected chi connectivity index (χ0v) is 14.3. The summed E-state index contributed by atoms with van der Waals surface area (Å²) < 4.78 is 10.7. The van der Waals surface area contributed by atoms with Crippen LogP contribution in [0.1, 0.15) is 23.4 Å². The molecule has 0 saturated carbocycles. The number of ether oxygens (including phenoxy) is 1. The normalized spacial score (nSPS) is 19.9. The second-order valence-electron chi connectivity index (χ2n) is 5.85. The highest BCUT2D eigenvalue weighted by atomic mass is 35.5. The molecule has 2 N–H and O–H groups in total. The molecule has 1 aliphatic heterocycles. The summed E-state index contributed by atoms with van der Waals surface area (Å²) in [5, 5.41) is 4.84. The zero-order valence-electron chi connectivity index (χ0n) is 13.6. The lowest BCUT2D eigenvalue weighted by Gasteiger charge is -2.15. The number of nitrogens with one attached hydrogen (secondary N) is 2. The van der Waals surface area contributed by atoms with Crippen LogP contribution in [-0.4, -0.2) is 23.8 Å². The Morgan fingerprint density at radius 3 is 2.60 bits per heavy atom. The molecule has 0 radical (unpaired) electrons. The smallest absolute Gasteiger partial charge is 0.233 e. The quantitative estimate of drug-likeness (QED) is 0.747. The van der Waals surface area contributed by atoms with E-state index in [4.69, 9.17) is 20.9 Å². The number of hydrazine groups is 1. The average molecular weight is 357 g/mol. The van der Waals surface area contributed by atoms with Crippen molar-refractivity contribution in [2.75, 3.05) is 13.7 Å². The van der Waals surface area contributed by atoms with E-state index < -0.39 is 0 Å². The molecule has 0 spiro atoms. The summed E-state index contributed by atoms with van der Waals surface area (Å²) in [6, 6.07) is 15.4. The van der Waals surface area contributed by atoms with E-state index in [1.165, 1.54) is 0 Å². The van der Waals surface area contributed by atoms with Crippen LogP contribution in [0.2, 0.25) is 5.02 Å². The van der Waals surface area contributed by atoms with E-state index in [0.717, 1.165) is 16.9 Å². The molecule has 2 heterocycles. The van der Waals surface area contributed by atoms with Crippen LogP contribution in [0.5, 0.6) is 5.75 Å². The van der Waals surface area contributed by atoms with E-state index in [-0.39, 0.29) is 12.0 Å². The molecule has 6 nitrogen and oxygen atoms in total. The topological polar surface area (TPSA) is 72.2 Å². The molecule has 1 saturated heterocycles. The van der Waals surface area contributed by atoms with E-state index in [2.05, 4.69) is 21.0 Å². The summed E-state index contributed by atoms with van der Waals surface area (Å²) in [5.74, 6) is 2.00. The van der Waals surface area contributed by atoms with Crippen LogP contribution in [0.25, 0.3) is 11.4 Å². The van der Waals surface area contributed by atoms with Gasteiger partial charge in [0.2, 0.25) is 11.7 Å². The number of rotatable bonds is 4. The van der Waals surface area contributed by atoms with Gasteiger partial charge in [-0.15, -0.1) is 0 Å². The summed E-state index contributed by atoms with van der Waals surface area (Å²) in [6.07, 6.45) is 0. The van der Waals surface area contributed by atoms with E-state index >= 15 is 0 Å². The Morgan fingerprint density at radius 2 is 1.88 bits per heavy atom. The molecular formula is C18H17ClN4O2. The fraction of sp³-hybridized carbons (Fsp3) is 0.222. The summed E-state index contributed by atoms with van der Waals surface area (Å²) in [4.78, 5) is 4.59. The molecule has 1 aliphatic rings. The highest BCUT2D eigenvalue weighted by Gasteiger charge is 2.34. The standard InChI is InChI=1S/C18H17ClN4O2/c1-24-14-8-4-12(5-9-14)17-21-18(25-23-17)15-10-20-22-16(15)11-2-6-13(19)7-3-11/h2-9,15-16,20,22H,10H2,1H3. The van der Waals surface area contributed by atoms with Gasteiger partial charge in [-0.1, -0.05) is 28.9 Å². The molecule has 0 aliphatic carbocycles. The van der Waals surface area contributed by atoms with Crippen molar-refractivity contribution in [2.24, 2.45) is 0 Å². The van der Waals surface area contributed by atoms with Crippen molar-refractivity contribution in [2.45, 2.75) is 12.0 Å². The first-order chi connectivity index (χ1) is 12.2. The molecule has 1 fully saturated rings. The second-order valence-corrected chi connectivity index (χ2v) is 6.28. The van der Waals surface area contributed by atoms with Crippen LogP contribution < -0.4 is 15.6 Å². The SMILES string of the molecule is COc1ccc(-c2noc(C3CNNC3c3ccc(Cl)cc3)n2)cc1. The minimum Gasteiger partial charge on any atom is -0.497 e. The van der Waals surface area contributed by atoms with Crippen LogP contribution >= 0.6 is 11.6 Å². The monoisotopic (exact) mass is 356 g/mol. The molecule has 2 aromatic carbocycles. The number of nitrogens with zero attached hydrogens (tertiary/aromatic N) is 2. The van der Waals surface area contributed by atoms with E-state index in [9.17, 15) is 0 Å². The lowest BCUT2D eigenvalue weighted by Crippen LogP contribution is -2.24. The minimum atomic E-state index is 0.0423. The summed E-state index contributed by atoms with van der Waals surface area (Å²) in [5.41, 5.74) is 8.44. The Bertz CT molecular complexity index is 848. The third-order valence-electron chi connectivity index (χ3n) is 4.32. The molecular weight excluding hydrogens is 340 g/mol. The van der Waals surface area contributed by atoms with Crippen molar-refractivity contribution < 1.29 is 9.26 Å². The molecule has 4 rings (SSSR count). The number of methoxy groups -OCH3 is 1. The highest BCUT2D eigenvalue weighted by molar-refractivity contribution is 6.30. The van der Waals surface area contributed by atoms with E-state index in [1.54, 1.807) is 7.11 Å². The van der Waals surface area contributed by atoms with Crippen molar-refractivity contribution in [1.82, 2.24) is 21.0 Å². The van der Waals surface area contributed by atoms with Crippen LogP contribution in [0.4, 0.5) is 0 Å². The maximum absolute atomic E-state index is 5.98. The summed E-state index contributed by atoms with van der Waals surface area (Å²) in [6.45, 7) is 0.706. The maximum Gasteiger partial charge on any atom is 0.233 e. The van der Waals surface area contributed by atoms with Gasteiger partial charge in [0.25, 0.3) is 0 Å². The predicted octanol–water partition coefficient (Wildman–Crippen LogP) is 3.33. The van der Waals surface area contributed by atoms with Gasteiger partial charge in [-0.3, -0.25) is 5.43 Å². The lowest BCUT2D eigenvalue weighted by atomic mass is 9.95. The van der Waals surface area contributed by atoms with Gasteiger partial charge in [-0.05, 0) is 42.0 Å². The number of aromatic nitrogens is 2. The Kier molecular flexibility index (Phi) is 4.40. The van der Waals surface area contributed by atoms with Gasteiger partial charge in [0.1, 0.15) is 5.75 Å². The Balaban J connectivity index is 1.58. The number of hydrogen-bond donors (Lipinski definition) is 2. The van der Waals surface area contributed by atoms with Gasteiger partial charge >= 0.3 is 0 Å². The number of hydrogen-bond acceptors (Lipinski definition) is 6. The fourth-order valence-electron chi connectivity index (χ4n) is 2.96. The molecule has 25 heavy (non-hydrogen) atoms. The average Bonchev–Trinajstić information content (AvgIpc) is 3.31. The molecule has 3 aromatic rings. The van der Waals surface area contributed by atoms with Gasteiger partial charge in [0.05, 0.1) is 19.1 Å². The van der Waals surface area contributed by atoms with Gasteiger partial charge in [0.15, 0.2) is 0 Å². The van der Waals surface area contributed by atoms with Crippen LogP contribution in [0.15, 0.2) is 53.1 Å². The first-order valence-corrected chi connectivity index (χ1v) is 8.34.